The molecule has 1 aliphatic rings. The van der Waals surface area contributed by atoms with Gasteiger partial charge >= 0.3 is 0 Å². The Balaban J connectivity index is 1.85. The summed E-state index contributed by atoms with van der Waals surface area (Å²) in [6, 6.07) is 5.61. The molecule has 1 aliphatic heterocycles. The van der Waals surface area contributed by atoms with Gasteiger partial charge in [0.1, 0.15) is 5.82 Å². The van der Waals surface area contributed by atoms with Crippen molar-refractivity contribution in [1.29, 1.82) is 0 Å². The smallest absolute Gasteiger partial charge is 0.251 e. The van der Waals surface area contributed by atoms with E-state index in [-0.39, 0.29) is 29.6 Å². The SMILES string of the molecule is CC(C)N1CC(CNC(=O)c2ccc(F)cc2)CC1=O. The summed E-state index contributed by atoms with van der Waals surface area (Å²) in [7, 11) is 0. The molecule has 1 unspecified atom stereocenters. The molecule has 4 nitrogen and oxygen atoms in total. The van der Waals surface area contributed by atoms with E-state index in [1.165, 1.54) is 24.3 Å². The van der Waals surface area contributed by atoms with Crippen LogP contribution in [0.1, 0.15) is 30.6 Å². The van der Waals surface area contributed by atoms with Gasteiger partial charge in [0.05, 0.1) is 0 Å². The van der Waals surface area contributed by atoms with E-state index >= 15 is 0 Å². The molecule has 0 saturated carbocycles. The number of carbonyl (C=O) groups excluding carboxylic acids is 2. The van der Waals surface area contributed by atoms with E-state index in [9.17, 15) is 14.0 Å². The van der Waals surface area contributed by atoms with Gasteiger partial charge in [-0.05, 0) is 38.1 Å². The number of likely N-dealkylation sites (tertiary alicyclic amines) is 1. The van der Waals surface area contributed by atoms with Crippen molar-refractivity contribution in [2.75, 3.05) is 13.1 Å². The number of carbonyl (C=O) groups is 2. The summed E-state index contributed by atoms with van der Waals surface area (Å²) in [5.41, 5.74) is 0.427. The summed E-state index contributed by atoms with van der Waals surface area (Å²) < 4.78 is 12.8. The molecular weight excluding hydrogens is 259 g/mol. The summed E-state index contributed by atoms with van der Waals surface area (Å²) in [4.78, 5) is 25.5. The molecule has 1 saturated heterocycles. The van der Waals surface area contributed by atoms with Gasteiger partial charge < -0.3 is 10.2 Å². The summed E-state index contributed by atoms with van der Waals surface area (Å²) in [5.74, 6) is -0.314. The molecule has 1 aromatic rings. The maximum Gasteiger partial charge on any atom is 0.251 e. The highest BCUT2D eigenvalue weighted by atomic mass is 19.1. The molecule has 0 radical (unpaired) electrons. The van der Waals surface area contributed by atoms with E-state index in [0.29, 0.717) is 25.1 Å². The molecule has 1 aromatic carbocycles. The fraction of sp³-hybridized carbons (Fsp3) is 0.467. The molecule has 1 atom stereocenters. The Bertz CT molecular complexity index is 499. The van der Waals surface area contributed by atoms with E-state index in [0.717, 1.165) is 0 Å². The maximum absolute atomic E-state index is 12.8. The monoisotopic (exact) mass is 278 g/mol. The molecule has 108 valence electrons. The fourth-order valence-electron chi connectivity index (χ4n) is 2.38. The third kappa shape index (κ3) is 3.35. The Morgan fingerprint density at radius 2 is 2.05 bits per heavy atom. The zero-order valence-electron chi connectivity index (χ0n) is 11.7. The first-order chi connectivity index (χ1) is 9.47. The van der Waals surface area contributed by atoms with Crippen molar-refractivity contribution < 1.29 is 14.0 Å². The van der Waals surface area contributed by atoms with Crippen LogP contribution in [0.3, 0.4) is 0 Å². The number of benzene rings is 1. The first-order valence-corrected chi connectivity index (χ1v) is 6.80. The van der Waals surface area contributed by atoms with Crippen LogP contribution in [0.4, 0.5) is 4.39 Å². The number of nitrogens with zero attached hydrogens (tertiary/aromatic N) is 1. The van der Waals surface area contributed by atoms with Gasteiger partial charge in [-0.15, -0.1) is 0 Å². The van der Waals surface area contributed by atoms with E-state index in [2.05, 4.69) is 5.32 Å². The molecule has 2 rings (SSSR count). The second-order valence-corrected chi connectivity index (χ2v) is 5.43. The van der Waals surface area contributed by atoms with Crippen LogP contribution in [0.15, 0.2) is 24.3 Å². The minimum absolute atomic E-state index is 0.140. The van der Waals surface area contributed by atoms with Crippen LogP contribution in [0.2, 0.25) is 0 Å². The van der Waals surface area contributed by atoms with Crippen molar-refractivity contribution in [3.63, 3.8) is 0 Å². The summed E-state index contributed by atoms with van der Waals surface area (Å²) in [6.07, 6.45) is 0.474. The molecule has 5 heteroatoms. The van der Waals surface area contributed by atoms with Crippen molar-refractivity contribution in [3.05, 3.63) is 35.6 Å². The molecule has 2 amide bonds. The second kappa shape index (κ2) is 6.03. The molecule has 1 N–H and O–H groups in total. The van der Waals surface area contributed by atoms with Gasteiger partial charge in [0.25, 0.3) is 5.91 Å². The molecule has 0 aromatic heterocycles. The Labute approximate surface area is 118 Å². The lowest BCUT2D eigenvalue weighted by Gasteiger charge is -2.21. The molecule has 1 fully saturated rings. The topological polar surface area (TPSA) is 49.4 Å². The van der Waals surface area contributed by atoms with E-state index in [4.69, 9.17) is 0 Å². The van der Waals surface area contributed by atoms with Gasteiger partial charge in [0.2, 0.25) is 5.91 Å². The van der Waals surface area contributed by atoms with Gasteiger partial charge in [-0.1, -0.05) is 0 Å². The van der Waals surface area contributed by atoms with Crippen LogP contribution in [-0.2, 0) is 4.79 Å². The third-order valence-electron chi connectivity index (χ3n) is 3.52. The predicted molar refractivity (Wildman–Crippen MR) is 73.7 cm³/mol. The number of hydrogen-bond donors (Lipinski definition) is 1. The first-order valence-electron chi connectivity index (χ1n) is 6.80. The molecule has 0 aliphatic carbocycles. The van der Waals surface area contributed by atoms with Crippen LogP contribution < -0.4 is 5.32 Å². The van der Waals surface area contributed by atoms with Crippen LogP contribution in [0.5, 0.6) is 0 Å². The second-order valence-electron chi connectivity index (χ2n) is 5.43. The van der Waals surface area contributed by atoms with Gasteiger partial charge in [0, 0.05) is 37.0 Å². The van der Waals surface area contributed by atoms with Gasteiger partial charge in [-0.25, -0.2) is 4.39 Å². The molecule has 0 bridgehead atoms. The highest BCUT2D eigenvalue weighted by Crippen LogP contribution is 2.19. The maximum atomic E-state index is 12.8. The molecule has 1 heterocycles. The largest absolute Gasteiger partial charge is 0.352 e. The number of rotatable bonds is 4. The normalized spacial score (nSPS) is 18.7. The zero-order valence-corrected chi connectivity index (χ0v) is 11.7. The van der Waals surface area contributed by atoms with Crippen LogP contribution in [0.25, 0.3) is 0 Å². The highest BCUT2D eigenvalue weighted by molar-refractivity contribution is 5.94. The lowest BCUT2D eigenvalue weighted by molar-refractivity contribution is -0.129. The standard InChI is InChI=1S/C15H19FN2O2/c1-10(2)18-9-11(7-14(18)19)8-17-15(20)12-3-5-13(16)6-4-12/h3-6,10-11H,7-9H2,1-2H3,(H,17,20). The molecule has 0 spiro atoms. The average Bonchev–Trinajstić information content (AvgIpc) is 2.78. The molecular formula is C15H19FN2O2. The minimum atomic E-state index is -0.365. The predicted octanol–water partition coefficient (Wildman–Crippen LogP) is 1.81. The van der Waals surface area contributed by atoms with Crippen molar-refractivity contribution in [2.45, 2.75) is 26.3 Å². The third-order valence-corrected chi connectivity index (χ3v) is 3.52. The molecule has 20 heavy (non-hydrogen) atoms. The number of hydrogen-bond acceptors (Lipinski definition) is 2. The van der Waals surface area contributed by atoms with Crippen molar-refractivity contribution in [3.8, 4) is 0 Å². The van der Waals surface area contributed by atoms with Gasteiger partial charge in [-0.2, -0.15) is 0 Å². The van der Waals surface area contributed by atoms with Crippen LogP contribution in [0, 0.1) is 11.7 Å². The van der Waals surface area contributed by atoms with Crippen molar-refractivity contribution in [2.24, 2.45) is 5.92 Å². The Morgan fingerprint density at radius 1 is 1.40 bits per heavy atom. The Morgan fingerprint density at radius 3 is 2.60 bits per heavy atom. The number of halogens is 1. The lowest BCUT2D eigenvalue weighted by atomic mass is 10.1. The Kier molecular flexibility index (Phi) is 4.37. The van der Waals surface area contributed by atoms with Crippen molar-refractivity contribution >= 4 is 11.8 Å². The summed E-state index contributed by atoms with van der Waals surface area (Å²) in [6.45, 7) is 5.11. The number of nitrogens with one attached hydrogen (secondary N) is 1. The van der Waals surface area contributed by atoms with Crippen LogP contribution >= 0.6 is 0 Å². The summed E-state index contributed by atoms with van der Waals surface area (Å²) in [5, 5.41) is 2.80. The first kappa shape index (κ1) is 14.5. The fourth-order valence-corrected chi connectivity index (χ4v) is 2.38. The van der Waals surface area contributed by atoms with E-state index < -0.39 is 0 Å². The number of amides is 2. The van der Waals surface area contributed by atoms with Gasteiger partial charge in [-0.3, -0.25) is 9.59 Å². The quantitative estimate of drug-likeness (QED) is 0.913. The van der Waals surface area contributed by atoms with Gasteiger partial charge in [0.15, 0.2) is 0 Å². The van der Waals surface area contributed by atoms with Crippen molar-refractivity contribution in [1.82, 2.24) is 10.2 Å². The lowest BCUT2D eigenvalue weighted by Crippen LogP contribution is -2.34. The zero-order chi connectivity index (χ0) is 14.7. The van der Waals surface area contributed by atoms with Crippen LogP contribution in [-0.4, -0.2) is 35.8 Å². The average molecular weight is 278 g/mol. The minimum Gasteiger partial charge on any atom is -0.352 e. The van der Waals surface area contributed by atoms with E-state index in [1.54, 1.807) is 0 Å². The Hall–Kier alpha value is -1.91. The van der Waals surface area contributed by atoms with E-state index in [1.807, 2.05) is 18.7 Å². The highest BCUT2D eigenvalue weighted by Gasteiger charge is 2.31. The summed E-state index contributed by atoms with van der Waals surface area (Å²) >= 11 is 0.